The Kier molecular flexibility index (Phi) is 2.73. The van der Waals surface area contributed by atoms with Gasteiger partial charge in [0.1, 0.15) is 5.82 Å². The van der Waals surface area contributed by atoms with E-state index >= 15 is 0 Å². The summed E-state index contributed by atoms with van der Waals surface area (Å²) < 4.78 is 2.63. The number of nitrogens with zero attached hydrogens (tertiary/aromatic N) is 2. The molecule has 0 fully saturated rings. The molecule has 0 atom stereocenters. The molecule has 4 nitrogen and oxygen atoms in total. The van der Waals surface area contributed by atoms with Gasteiger partial charge in [-0.2, -0.15) is 4.98 Å². The highest BCUT2D eigenvalue weighted by molar-refractivity contribution is 9.10. The molecule has 2 aromatic rings. The van der Waals surface area contributed by atoms with Crippen LogP contribution in [0.15, 0.2) is 33.5 Å². The number of hydrogen-bond acceptors (Lipinski definition) is 2. The van der Waals surface area contributed by atoms with Gasteiger partial charge < -0.3 is 0 Å². The molecule has 0 unspecified atom stereocenters. The first-order valence-electron chi connectivity index (χ1n) is 4.65. The van der Waals surface area contributed by atoms with E-state index in [-0.39, 0.29) is 5.69 Å². The minimum atomic E-state index is -0.317. The van der Waals surface area contributed by atoms with Crippen molar-refractivity contribution in [3.8, 4) is 5.69 Å². The van der Waals surface area contributed by atoms with Crippen LogP contribution in [-0.4, -0.2) is 14.8 Å². The Labute approximate surface area is 95.1 Å². The van der Waals surface area contributed by atoms with E-state index in [9.17, 15) is 4.79 Å². The molecular formula is C10H10BrN3O. The van der Waals surface area contributed by atoms with Gasteiger partial charge in [-0.15, -0.1) is 0 Å². The lowest BCUT2D eigenvalue weighted by atomic mass is 10.3. The van der Waals surface area contributed by atoms with Crippen molar-refractivity contribution in [3.05, 3.63) is 45.0 Å². The molecule has 0 saturated heterocycles. The first kappa shape index (κ1) is 10.2. The smallest absolute Gasteiger partial charge is 0.244 e. The SMILES string of the molecule is CCc1nc(=O)[nH]n1-c1ccccc1Br. The van der Waals surface area contributed by atoms with E-state index in [0.29, 0.717) is 6.42 Å². The summed E-state index contributed by atoms with van der Waals surface area (Å²) in [5.41, 5.74) is 0.576. The second-order valence-corrected chi connectivity index (χ2v) is 3.94. The summed E-state index contributed by atoms with van der Waals surface area (Å²) in [6, 6.07) is 7.68. The fraction of sp³-hybridized carbons (Fsp3) is 0.200. The number of aromatic amines is 1. The third-order valence-electron chi connectivity index (χ3n) is 2.11. The highest BCUT2D eigenvalue weighted by Gasteiger charge is 2.08. The fourth-order valence-corrected chi connectivity index (χ4v) is 1.88. The Morgan fingerprint density at radius 1 is 1.47 bits per heavy atom. The van der Waals surface area contributed by atoms with E-state index < -0.39 is 0 Å². The van der Waals surface area contributed by atoms with Crippen LogP contribution < -0.4 is 5.69 Å². The van der Waals surface area contributed by atoms with Crippen LogP contribution in [-0.2, 0) is 6.42 Å². The number of nitrogens with one attached hydrogen (secondary N) is 1. The van der Waals surface area contributed by atoms with E-state index in [1.54, 1.807) is 4.68 Å². The zero-order valence-electron chi connectivity index (χ0n) is 8.20. The first-order valence-corrected chi connectivity index (χ1v) is 5.44. The molecule has 0 amide bonds. The van der Waals surface area contributed by atoms with Gasteiger partial charge in [0.25, 0.3) is 0 Å². The molecule has 0 aliphatic carbocycles. The third kappa shape index (κ3) is 1.87. The Hall–Kier alpha value is -1.36. The van der Waals surface area contributed by atoms with Crippen molar-refractivity contribution in [3.63, 3.8) is 0 Å². The van der Waals surface area contributed by atoms with Gasteiger partial charge in [0.05, 0.1) is 5.69 Å². The number of hydrogen-bond donors (Lipinski definition) is 1. The summed E-state index contributed by atoms with van der Waals surface area (Å²) in [5.74, 6) is 0.729. The topological polar surface area (TPSA) is 50.7 Å². The molecule has 5 heteroatoms. The van der Waals surface area contributed by atoms with E-state index in [4.69, 9.17) is 0 Å². The maximum atomic E-state index is 11.2. The standard InChI is InChI=1S/C10H10BrN3O/c1-2-9-12-10(15)13-14(9)8-6-4-3-5-7(8)11/h3-6H,2H2,1H3,(H,13,15). The minimum absolute atomic E-state index is 0.317. The minimum Gasteiger partial charge on any atom is -0.244 e. The number of aryl methyl sites for hydroxylation is 1. The molecule has 0 spiro atoms. The zero-order chi connectivity index (χ0) is 10.8. The highest BCUT2D eigenvalue weighted by atomic mass is 79.9. The van der Waals surface area contributed by atoms with Gasteiger partial charge in [-0.25, -0.2) is 14.6 Å². The quantitative estimate of drug-likeness (QED) is 0.904. The van der Waals surface area contributed by atoms with Crippen LogP contribution in [0, 0.1) is 0 Å². The van der Waals surface area contributed by atoms with Gasteiger partial charge >= 0.3 is 5.69 Å². The van der Waals surface area contributed by atoms with E-state index in [0.717, 1.165) is 16.0 Å². The van der Waals surface area contributed by atoms with Crippen molar-refractivity contribution in [1.29, 1.82) is 0 Å². The lowest BCUT2D eigenvalue weighted by molar-refractivity contribution is 0.794. The second-order valence-electron chi connectivity index (χ2n) is 3.09. The molecule has 2 rings (SSSR count). The van der Waals surface area contributed by atoms with Crippen LogP contribution in [0.25, 0.3) is 5.69 Å². The third-order valence-corrected chi connectivity index (χ3v) is 2.78. The van der Waals surface area contributed by atoms with Gasteiger partial charge in [0.2, 0.25) is 0 Å². The van der Waals surface area contributed by atoms with E-state index in [2.05, 4.69) is 26.0 Å². The molecule has 1 aromatic heterocycles. The fourth-order valence-electron chi connectivity index (χ4n) is 1.42. The average molecular weight is 268 g/mol. The largest absolute Gasteiger partial charge is 0.361 e. The average Bonchev–Trinajstić information content (AvgIpc) is 2.60. The molecule has 78 valence electrons. The number of H-pyrrole nitrogens is 1. The number of rotatable bonds is 2. The second kappa shape index (κ2) is 4.02. The maximum Gasteiger partial charge on any atom is 0.361 e. The Bertz CT molecular complexity index is 529. The number of aromatic nitrogens is 3. The summed E-state index contributed by atoms with van der Waals surface area (Å²) >= 11 is 3.43. The number of benzene rings is 1. The van der Waals surface area contributed by atoms with Crippen LogP contribution in [0.2, 0.25) is 0 Å². The van der Waals surface area contributed by atoms with Gasteiger partial charge in [-0.1, -0.05) is 19.1 Å². The van der Waals surface area contributed by atoms with Crippen molar-refractivity contribution in [2.24, 2.45) is 0 Å². The normalized spacial score (nSPS) is 10.5. The summed E-state index contributed by atoms with van der Waals surface area (Å²) in [7, 11) is 0. The first-order chi connectivity index (χ1) is 7.22. The van der Waals surface area contributed by atoms with Crippen LogP contribution >= 0.6 is 15.9 Å². The van der Waals surface area contributed by atoms with E-state index in [1.165, 1.54) is 0 Å². The van der Waals surface area contributed by atoms with Gasteiger partial charge in [-0.3, -0.25) is 0 Å². The number of para-hydroxylation sites is 1. The molecule has 0 bridgehead atoms. The lowest BCUT2D eigenvalue weighted by Crippen LogP contribution is -2.06. The maximum absolute atomic E-state index is 11.2. The van der Waals surface area contributed by atoms with Gasteiger partial charge in [0, 0.05) is 10.9 Å². The van der Waals surface area contributed by atoms with Crippen molar-refractivity contribution >= 4 is 15.9 Å². The summed E-state index contributed by atoms with van der Waals surface area (Å²) in [5, 5.41) is 2.67. The zero-order valence-corrected chi connectivity index (χ0v) is 9.78. The van der Waals surface area contributed by atoms with Crippen LogP contribution in [0.4, 0.5) is 0 Å². The van der Waals surface area contributed by atoms with Gasteiger partial charge in [0.15, 0.2) is 0 Å². The summed E-state index contributed by atoms with van der Waals surface area (Å²) in [6.45, 7) is 1.96. The molecule has 0 saturated carbocycles. The van der Waals surface area contributed by atoms with Gasteiger partial charge in [-0.05, 0) is 28.1 Å². The van der Waals surface area contributed by atoms with Crippen molar-refractivity contribution < 1.29 is 0 Å². The van der Waals surface area contributed by atoms with Crippen LogP contribution in [0.1, 0.15) is 12.7 Å². The van der Waals surface area contributed by atoms with Crippen molar-refractivity contribution in [1.82, 2.24) is 14.8 Å². The predicted molar refractivity (Wildman–Crippen MR) is 61.3 cm³/mol. The molecule has 1 N–H and O–H groups in total. The molecule has 15 heavy (non-hydrogen) atoms. The highest BCUT2D eigenvalue weighted by Crippen LogP contribution is 2.19. The summed E-state index contributed by atoms with van der Waals surface area (Å²) in [4.78, 5) is 15.0. The number of halogens is 1. The monoisotopic (exact) mass is 267 g/mol. The Balaban J connectivity index is 2.63. The van der Waals surface area contributed by atoms with Crippen LogP contribution in [0.3, 0.4) is 0 Å². The molecular weight excluding hydrogens is 258 g/mol. The van der Waals surface area contributed by atoms with Crippen molar-refractivity contribution in [2.75, 3.05) is 0 Å². The molecule has 1 aromatic carbocycles. The molecule has 1 heterocycles. The Morgan fingerprint density at radius 2 is 2.20 bits per heavy atom. The molecule has 0 aliphatic heterocycles. The predicted octanol–water partition coefficient (Wildman–Crippen LogP) is 1.89. The Morgan fingerprint density at radius 3 is 2.87 bits per heavy atom. The van der Waals surface area contributed by atoms with E-state index in [1.807, 2.05) is 31.2 Å². The molecule has 0 radical (unpaired) electrons. The van der Waals surface area contributed by atoms with Crippen molar-refractivity contribution in [2.45, 2.75) is 13.3 Å². The summed E-state index contributed by atoms with van der Waals surface area (Å²) in [6.07, 6.45) is 0.708. The van der Waals surface area contributed by atoms with Crippen LogP contribution in [0.5, 0.6) is 0 Å². The molecule has 0 aliphatic rings. The lowest BCUT2D eigenvalue weighted by Gasteiger charge is -2.06.